The molecule has 0 saturated carbocycles. The normalized spacial score (nSPS) is 10.9. The number of carbonyl (C=O) groups is 3. The molecule has 0 spiro atoms. The molecule has 0 aliphatic heterocycles. The van der Waals surface area contributed by atoms with Crippen LogP contribution in [0.25, 0.3) is 0 Å². The molecular formula is C21H23NO5. The van der Waals surface area contributed by atoms with E-state index in [-0.39, 0.29) is 30.3 Å². The molecule has 0 aliphatic rings. The van der Waals surface area contributed by atoms with E-state index in [1.807, 2.05) is 0 Å². The number of nitrogens with one attached hydrogen (secondary N) is 1. The van der Waals surface area contributed by atoms with E-state index in [0.717, 1.165) is 0 Å². The zero-order valence-electron chi connectivity index (χ0n) is 15.6. The zero-order chi connectivity index (χ0) is 20.0. The molecule has 2 aromatic carbocycles. The minimum atomic E-state index is -1.08. The van der Waals surface area contributed by atoms with E-state index in [9.17, 15) is 19.5 Å². The van der Waals surface area contributed by atoms with Gasteiger partial charge >= 0.3 is 11.9 Å². The van der Waals surface area contributed by atoms with Crippen LogP contribution in [0.1, 0.15) is 42.3 Å². The number of carbonyl (C=O) groups excluding carboxylic acids is 2. The van der Waals surface area contributed by atoms with Gasteiger partial charge in [-0.15, -0.1) is 0 Å². The van der Waals surface area contributed by atoms with Gasteiger partial charge in [0.15, 0.2) is 0 Å². The monoisotopic (exact) mass is 369 g/mol. The maximum Gasteiger partial charge on any atom is 0.335 e. The summed E-state index contributed by atoms with van der Waals surface area (Å²) in [6, 6.07) is 13.3. The van der Waals surface area contributed by atoms with Gasteiger partial charge in [0, 0.05) is 5.69 Å². The van der Waals surface area contributed by atoms with Crippen molar-refractivity contribution in [2.24, 2.45) is 0 Å². The summed E-state index contributed by atoms with van der Waals surface area (Å²) in [5.41, 5.74) is 1.06. The van der Waals surface area contributed by atoms with Crippen molar-refractivity contribution < 1.29 is 24.2 Å². The van der Waals surface area contributed by atoms with Gasteiger partial charge in [0.2, 0.25) is 5.91 Å². The lowest BCUT2D eigenvalue weighted by molar-refractivity contribution is -0.153. The van der Waals surface area contributed by atoms with Gasteiger partial charge in [0.1, 0.15) is 5.60 Å². The molecule has 0 aliphatic carbocycles. The number of anilines is 1. The molecule has 1 amide bonds. The molecule has 0 atom stereocenters. The van der Waals surface area contributed by atoms with E-state index in [1.165, 1.54) is 6.07 Å². The molecule has 2 N–H and O–H groups in total. The first-order valence-electron chi connectivity index (χ1n) is 8.56. The molecule has 0 bridgehead atoms. The maximum atomic E-state index is 12.4. The topological polar surface area (TPSA) is 92.7 Å². The van der Waals surface area contributed by atoms with Crippen molar-refractivity contribution in [1.29, 1.82) is 0 Å². The first-order chi connectivity index (χ1) is 12.7. The van der Waals surface area contributed by atoms with Crippen LogP contribution >= 0.6 is 0 Å². The molecule has 2 rings (SSSR count). The summed E-state index contributed by atoms with van der Waals surface area (Å²) in [5, 5.41) is 12.0. The van der Waals surface area contributed by atoms with Gasteiger partial charge in [0.25, 0.3) is 0 Å². The van der Waals surface area contributed by atoms with Crippen LogP contribution in [0.15, 0.2) is 48.5 Å². The second-order valence-electron chi connectivity index (χ2n) is 7.11. The Bertz CT molecular complexity index is 852. The number of benzene rings is 2. The Morgan fingerprint density at radius 1 is 0.926 bits per heavy atom. The SMILES string of the molecule is CC(C)(C)OC(=O)Cc1ccccc1NC(=O)Cc1ccccc1C(=O)O. The van der Waals surface area contributed by atoms with Gasteiger partial charge in [-0.1, -0.05) is 36.4 Å². The number of hydrogen-bond acceptors (Lipinski definition) is 4. The number of carboxylic acid groups (broad SMARTS) is 1. The summed E-state index contributed by atoms with van der Waals surface area (Å²) < 4.78 is 5.32. The molecule has 6 heteroatoms. The van der Waals surface area contributed by atoms with Crippen LogP contribution in [-0.4, -0.2) is 28.6 Å². The van der Waals surface area contributed by atoms with Crippen molar-refractivity contribution in [2.75, 3.05) is 5.32 Å². The average Bonchev–Trinajstić information content (AvgIpc) is 2.55. The first kappa shape index (κ1) is 20.2. The van der Waals surface area contributed by atoms with E-state index in [2.05, 4.69) is 5.32 Å². The summed E-state index contributed by atoms with van der Waals surface area (Å²) in [6.07, 6.45) is -0.0529. The minimum absolute atomic E-state index is 0.0272. The molecule has 142 valence electrons. The highest BCUT2D eigenvalue weighted by atomic mass is 16.6. The van der Waals surface area contributed by atoms with Crippen LogP contribution in [0.3, 0.4) is 0 Å². The third kappa shape index (κ3) is 6.26. The number of esters is 1. The first-order valence-corrected chi connectivity index (χ1v) is 8.56. The third-order valence-corrected chi connectivity index (χ3v) is 3.65. The second kappa shape index (κ2) is 8.49. The highest BCUT2D eigenvalue weighted by Crippen LogP contribution is 2.19. The average molecular weight is 369 g/mol. The van der Waals surface area contributed by atoms with Gasteiger partial charge in [-0.2, -0.15) is 0 Å². The van der Waals surface area contributed by atoms with Crippen LogP contribution < -0.4 is 5.32 Å². The number of amides is 1. The maximum absolute atomic E-state index is 12.4. The molecule has 0 heterocycles. The Labute approximate surface area is 158 Å². The molecule has 0 saturated heterocycles. The van der Waals surface area contributed by atoms with Crippen molar-refractivity contribution in [3.8, 4) is 0 Å². The van der Waals surface area contributed by atoms with Gasteiger partial charge in [-0.3, -0.25) is 9.59 Å². The van der Waals surface area contributed by atoms with E-state index in [0.29, 0.717) is 16.8 Å². The highest BCUT2D eigenvalue weighted by molar-refractivity contribution is 5.96. The smallest absolute Gasteiger partial charge is 0.335 e. The Morgan fingerprint density at radius 2 is 1.52 bits per heavy atom. The fourth-order valence-electron chi connectivity index (χ4n) is 2.58. The van der Waals surface area contributed by atoms with Gasteiger partial charge in [-0.05, 0) is 44.0 Å². The quantitative estimate of drug-likeness (QED) is 0.761. The number of hydrogen-bond donors (Lipinski definition) is 2. The molecule has 0 aromatic heterocycles. The lowest BCUT2D eigenvalue weighted by Crippen LogP contribution is -2.25. The van der Waals surface area contributed by atoms with Crippen molar-refractivity contribution in [1.82, 2.24) is 0 Å². The third-order valence-electron chi connectivity index (χ3n) is 3.65. The van der Waals surface area contributed by atoms with Gasteiger partial charge < -0.3 is 15.2 Å². The summed E-state index contributed by atoms with van der Waals surface area (Å²) in [5.74, 6) is -1.83. The Hall–Kier alpha value is -3.15. The molecule has 2 aromatic rings. The predicted octanol–water partition coefficient (Wildman–Crippen LogP) is 3.45. The summed E-state index contributed by atoms with van der Waals surface area (Å²) >= 11 is 0. The molecule has 27 heavy (non-hydrogen) atoms. The lowest BCUT2D eigenvalue weighted by atomic mass is 10.0. The van der Waals surface area contributed by atoms with Gasteiger partial charge in [-0.25, -0.2) is 4.79 Å². The Morgan fingerprint density at radius 3 is 2.15 bits per heavy atom. The van der Waals surface area contributed by atoms with Gasteiger partial charge in [0.05, 0.1) is 18.4 Å². The van der Waals surface area contributed by atoms with Crippen LogP contribution in [0.5, 0.6) is 0 Å². The second-order valence-corrected chi connectivity index (χ2v) is 7.11. The summed E-state index contributed by atoms with van der Waals surface area (Å²) in [7, 11) is 0. The molecule has 0 fully saturated rings. The number of aromatic carboxylic acids is 1. The number of ether oxygens (including phenoxy) is 1. The zero-order valence-corrected chi connectivity index (χ0v) is 15.6. The van der Waals surface area contributed by atoms with Crippen molar-refractivity contribution >= 4 is 23.5 Å². The van der Waals surface area contributed by atoms with Crippen LogP contribution in [-0.2, 0) is 27.2 Å². The Kier molecular flexibility index (Phi) is 6.34. The number of rotatable bonds is 6. The molecule has 0 radical (unpaired) electrons. The molecule has 0 unspecified atom stereocenters. The number of carboxylic acids is 1. The fraction of sp³-hybridized carbons (Fsp3) is 0.286. The standard InChI is InChI=1S/C21H23NO5/c1-21(2,3)27-19(24)13-15-9-5-7-11-17(15)22-18(23)12-14-8-4-6-10-16(14)20(25)26/h4-11H,12-13H2,1-3H3,(H,22,23)(H,25,26). The van der Waals surface area contributed by atoms with Crippen LogP contribution in [0, 0.1) is 0 Å². The van der Waals surface area contributed by atoms with Crippen LogP contribution in [0.4, 0.5) is 5.69 Å². The number of para-hydroxylation sites is 1. The summed E-state index contributed by atoms with van der Waals surface area (Å²) in [6.45, 7) is 5.37. The molecular weight excluding hydrogens is 346 g/mol. The Balaban J connectivity index is 2.11. The predicted molar refractivity (Wildman–Crippen MR) is 102 cm³/mol. The van der Waals surface area contributed by atoms with E-state index in [1.54, 1.807) is 63.2 Å². The fourth-order valence-corrected chi connectivity index (χ4v) is 2.58. The largest absolute Gasteiger partial charge is 0.478 e. The van der Waals surface area contributed by atoms with Crippen LogP contribution in [0.2, 0.25) is 0 Å². The lowest BCUT2D eigenvalue weighted by Gasteiger charge is -2.20. The van der Waals surface area contributed by atoms with Crippen molar-refractivity contribution in [3.63, 3.8) is 0 Å². The van der Waals surface area contributed by atoms with E-state index >= 15 is 0 Å². The molecule has 6 nitrogen and oxygen atoms in total. The van der Waals surface area contributed by atoms with Crippen molar-refractivity contribution in [2.45, 2.75) is 39.2 Å². The van der Waals surface area contributed by atoms with E-state index < -0.39 is 11.6 Å². The summed E-state index contributed by atoms with van der Waals surface area (Å²) in [4.78, 5) is 35.7. The highest BCUT2D eigenvalue weighted by Gasteiger charge is 2.18. The van der Waals surface area contributed by atoms with Crippen molar-refractivity contribution in [3.05, 3.63) is 65.2 Å². The van der Waals surface area contributed by atoms with E-state index in [4.69, 9.17) is 4.74 Å². The minimum Gasteiger partial charge on any atom is -0.478 e.